The third-order valence-electron chi connectivity index (χ3n) is 3.02. The number of hydrogen-bond acceptors (Lipinski definition) is 5. The molecule has 0 fully saturated rings. The fourth-order valence-electron chi connectivity index (χ4n) is 2.13. The van der Waals surface area contributed by atoms with Crippen molar-refractivity contribution >= 4 is 12.1 Å². The Labute approximate surface area is 103 Å². The van der Waals surface area contributed by atoms with Gasteiger partial charge in [0.15, 0.2) is 12.1 Å². The van der Waals surface area contributed by atoms with Crippen molar-refractivity contribution < 1.29 is 19.4 Å². The van der Waals surface area contributed by atoms with Crippen LogP contribution in [-0.4, -0.2) is 28.9 Å². The molecule has 0 bridgehead atoms. The van der Waals surface area contributed by atoms with Gasteiger partial charge < -0.3 is 19.2 Å². The minimum absolute atomic E-state index is 0.00641. The molecular formula is C12H13NO5. The Hall–Kier alpha value is -1.79. The number of ether oxygens (including phenoxy) is 1. The normalized spacial score (nSPS) is 15.6. The molecule has 6 heteroatoms. The molecule has 0 aromatic carbocycles. The standard InChI is InChI=1S/C12H13NO5/c1-18-6-8-7(11(16)5-14)4-9-10(15)2-3-13(9)12(8)17/h4-5,11,16H,2-3,6H2,1H3. The molecule has 1 aliphatic rings. The van der Waals surface area contributed by atoms with Crippen molar-refractivity contribution in [3.8, 4) is 0 Å². The number of aliphatic hydroxyl groups is 1. The van der Waals surface area contributed by atoms with Gasteiger partial charge in [0.2, 0.25) is 0 Å². The number of fused-ring (bicyclic) bond motifs is 1. The molecule has 1 aromatic heterocycles. The van der Waals surface area contributed by atoms with E-state index in [1.54, 1.807) is 0 Å². The largest absolute Gasteiger partial charge is 0.381 e. The van der Waals surface area contributed by atoms with E-state index in [0.717, 1.165) is 0 Å². The van der Waals surface area contributed by atoms with Crippen molar-refractivity contribution in [3.63, 3.8) is 0 Å². The Morgan fingerprint density at radius 2 is 2.28 bits per heavy atom. The van der Waals surface area contributed by atoms with Gasteiger partial charge in [-0.05, 0) is 6.07 Å². The predicted octanol–water partition coefficient (Wildman–Crippen LogP) is -0.187. The predicted molar refractivity (Wildman–Crippen MR) is 61.4 cm³/mol. The smallest absolute Gasteiger partial charge is 0.257 e. The molecule has 1 aromatic rings. The number of ketones is 1. The molecular weight excluding hydrogens is 238 g/mol. The minimum atomic E-state index is -1.41. The number of aromatic nitrogens is 1. The average molecular weight is 251 g/mol. The second-order valence-corrected chi connectivity index (χ2v) is 4.11. The maximum atomic E-state index is 12.1. The summed E-state index contributed by atoms with van der Waals surface area (Å²) >= 11 is 0. The average Bonchev–Trinajstić information content (AvgIpc) is 2.74. The topological polar surface area (TPSA) is 85.6 Å². The maximum Gasteiger partial charge on any atom is 0.257 e. The Morgan fingerprint density at radius 3 is 2.89 bits per heavy atom. The lowest BCUT2D eigenvalue weighted by Gasteiger charge is -2.13. The van der Waals surface area contributed by atoms with Crippen LogP contribution in [0.3, 0.4) is 0 Å². The van der Waals surface area contributed by atoms with Crippen LogP contribution >= 0.6 is 0 Å². The zero-order valence-corrected chi connectivity index (χ0v) is 9.88. The van der Waals surface area contributed by atoms with Crippen molar-refractivity contribution in [2.75, 3.05) is 7.11 Å². The number of rotatable bonds is 4. The van der Waals surface area contributed by atoms with Gasteiger partial charge in [-0.1, -0.05) is 0 Å². The summed E-state index contributed by atoms with van der Waals surface area (Å²) in [5.74, 6) is -0.157. The van der Waals surface area contributed by atoms with Gasteiger partial charge >= 0.3 is 0 Å². The zero-order valence-electron chi connectivity index (χ0n) is 9.88. The van der Waals surface area contributed by atoms with Gasteiger partial charge in [0.1, 0.15) is 6.10 Å². The molecule has 1 N–H and O–H groups in total. The molecule has 18 heavy (non-hydrogen) atoms. The molecule has 0 amide bonds. The molecule has 0 aliphatic carbocycles. The summed E-state index contributed by atoms with van der Waals surface area (Å²) in [6.45, 7) is 0.328. The van der Waals surface area contributed by atoms with E-state index >= 15 is 0 Å². The third kappa shape index (κ3) is 1.89. The van der Waals surface area contributed by atoms with E-state index in [0.29, 0.717) is 12.8 Å². The molecule has 2 rings (SSSR count). The number of Topliss-reactive ketones (excluding diaryl/α,β-unsaturated/α-hetero) is 1. The number of pyridine rings is 1. The van der Waals surface area contributed by atoms with Crippen molar-refractivity contribution in [2.24, 2.45) is 0 Å². The quantitative estimate of drug-likeness (QED) is 0.750. The highest BCUT2D eigenvalue weighted by atomic mass is 16.5. The number of hydrogen-bond donors (Lipinski definition) is 1. The number of aliphatic hydroxyl groups excluding tert-OH is 1. The lowest BCUT2D eigenvalue weighted by atomic mass is 10.0. The van der Waals surface area contributed by atoms with E-state index in [4.69, 9.17) is 4.74 Å². The van der Waals surface area contributed by atoms with Crippen LogP contribution in [0.2, 0.25) is 0 Å². The second-order valence-electron chi connectivity index (χ2n) is 4.11. The van der Waals surface area contributed by atoms with E-state index in [9.17, 15) is 19.5 Å². The molecule has 0 radical (unpaired) electrons. The number of aldehydes is 1. The lowest BCUT2D eigenvalue weighted by molar-refractivity contribution is -0.115. The van der Waals surface area contributed by atoms with Crippen LogP contribution in [0.25, 0.3) is 0 Å². The molecule has 0 saturated carbocycles. The Morgan fingerprint density at radius 1 is 1.56 bits per heavy atom. The SMILES string of the molecule is COCc1c(C(O)C=O)cc2n(c1=O)CCC2=O. The van der Waals surface area contributed by atoms with Crippen LogP contribution in [-0.2, 0) is 22.7 Å². The fraction of sp³-hybridized carbons (Fsp3) is 0.417. The highest BCUT2D eigenvalue weighted by molar-refractivity contribution is 5.96. The van der Waals surface area contributed by atoms with Crippen molar-refractivity contribution in [3.05, 3.63) is 33.2 Å². The first kappa shape index (κ1) is 12.7. The summed E-state index contributed by atoms with van der Waals surface area (Å²) in [5.41, 5.74) is 0.237. The van der Waals surface area contributed by atoms with Crippen molar-refractivity contribution in [1.29, 1.82) is 0 Å². The molecule has 1 atom stereocenters. The number of methoxy groups -OCH3 is 1. The van der Waals surface area contributed by atoms with Crippen LogP contribution in [0.4, 0.5) is 0 Å². The van der Waals surface area contributed by atoms with Crippen LogP contribution in [0.1, 0.15) is 34.1 Å². The monoisotopic (exact) mass is 251 g/mol. The Balaban J connectivity index is 2.68. The fourth-order valence-corrected chi connectivity index (χ4v) is 2.13. The number of carbonyl (C=O) groups is 2. The summed E-state index contributed by atoms with van der Waals surface area (Å²) in [6.07, 6.45) is -0.825. The molecule has 6 nitrogen and oxygen atoms in total. The maximum absolute atomic E-state index is 12.1. The van der Waals surface area contributed by atoms with Crippen LogP contribution < -0.4 is 5.56 Å². The third-order valence-corrected chi connectivity index (χ3v) is 3.02. The minimum Gasteiger partial charge on any atom is -0.381 e. The van der Waals surface area contributed by atoms with Gasteiger partial charge in [0, 0.05) is 31.2 Å². The van der Waals surface area contributed by atoms with E-state index in [2.05, 4.69) is 0 Å². The van der Waals surface area contributed by atoms with E-state index in [1.165, 1.54) is 17.7 Å². The van der Waals surface area contributed by atoms with E-state index in [-0.39, 0.29) is 41.2 Å². The van der Waals surface area contributed by atoms with Gasteiger partial charge in [0.25, 0.3) is 5.56 Å². The van der Waals surface area contributed by atoms with Crippen LogP contribution in [0, 0.1) is 0 Å². The first-order chi connectivity index (χ1) is 8.60. The molecule has 0 saturated heterocycles. The molecule has 96 valence electrons. The van der Waals surface area contributed by atoms with Gasteiger partial charge in [-0.25, -0.2) is 0 Å². The van der Waals surface area contributed by atoms with Gasteiger partial charge in [-0.2, -0.15) is 0 Å². The molecule has 0 spiro atoms. The Bertz CT molecular complexity index is 560. The van der Waals surface area contributed by atoms with E-state index < -0.39 is 6.10 Å². The first-order valence-corrected chi connectivity index (χ1v) is 5.52. The summed E-state index contributed by atoms with van der Waals surface area (Å²) < 4.78 is 6.26. The highest BCUT2D eigenvalue weighted by Crippen LogP contribution is 2.20. The van der Waals surface area contributed by atoms with Crippen LogP contribution in [0.15, 0.2) is 10.9 Å². The summed E-state index contributed by atoms with van der Waals surface area (Å²) in [7, 11) is 1.42. The molecule has 1 aliphatic heterocycles. The van der Waals surface area contributed by atoms with Gasteiger partial charge in [0.05, 0.1) is 12.3 Å². The van der Waals surface area contributed by atoms with Crippen molar-refractivity contribution in [1.82, 2.24) is 4.57 Å². The van der Waals surface area contributed by atoms with Crippen molar-refractivity contribution in [2.45, 2.75) is 25.7 Å². The highest BCUT2D eigenvalue weighted by Gasteiger charge is 2.26. The Kier molecular flexibility index (Phi) is 3.40. The second kappa shape index (κ2) is 4.83. The molecule has 2 heterocycles. The first-order valence-electron chi connectivity index (χ1n) is 5.52. The number of carbonyl (C=O) groups excluding carboxylic acids is 2. The zero-order chi connectivity index (χ0) is 13.3. The van der Waals surface area contributed by atoms with Crippen LogP contribution in [0.5, 0.6) is 0 Å². The summed E-state index contributed by atoms with van der Waals surface area (Å²) in [4.78, 5) is 34.4. The van der Waals surface area contributed by atoms with Gasteiger partial charge in [-0.15, -0.1) is 0 Å². The lowest BCUT2D eigenvalue weighted by Crippen LogP contribution is -2.27. The molecule has 1 unspecified atom stereocenters. The summed E-state index contributed by atoms with van der Waals surface area (Å²) in [6, 6.07) is 1.41. The summed E-state index contributed by atoms with van der Waals surface area (Å²) in [5, 5.41) is 9.60. The van der Waals surface area contributed by atoms with Gasteiger partial charge in [-0.3, -0.25) is 9.59 Å². The number of nitrogens with zero attached hydrogens (tertiary/aromatic N) is 1. The van der Waals surface area contributed by atoms with E-state index in [1.807, 2.05) is 0 Å².